The summed E-state index contributed by atoms with van der Waals surface area (Å²) in [7, 11) is 0. The second-order valence-corrected chi connectivity index (χ2v) is 2.21. The first kappa shape index (κ1) is 6.51. The van der Waals surface area contributed by atoms with E-state index < -0.39 is 0 Å². The Balaban J connectivity index is 2.80. The fraction of sp³-hybridized carbons (Fsp3) is 0. The van der Waals surface area contributed by atoms with Crippen LogP contribution in [0.1, 0.15) is 5.82 Å². The van der Waals surface area contributed by atoms with E-state index in [-0.39, 0.29) is 4.49 Å². The van der Waals surface area contributed by atoms with Gasteiger partial charge >= 0.3 is 0 Å². The SMILES string of the molecule is ClC(Cl)=Cc1nn[nH]n1. The predicted octanol–water partition coefficient (Wildman–Crippen LogP) is 0.976. The van der Waals surface area contributed by atoms with Crippen molar-refractivity contribution >= 4 is 29.3 Å². The largest absolute Gasteiger partial charge is 0.199 e. The van der Waals surface area contributed by atoms with Gasteiger partial charge in [0.15, 0.2) is 5.82 Å². The van der Waals surface area contributed by atoms with Crippen molar-refractivity contribution in [3.8, 4) is 0 Å². The van der Waals surface area contributed by atoms with Gasteiger partial charge in [-0.05, 0) is 5.21 Å². The first-order chi connectivity index (χ1) is 4.29. The van der Waals surface area contributed by atoms with Crippen LogP contribution in [0.4, 0.5) is 0 Å². The van der Waals surface area contributed by atoms with Crippen molar-refractivity contribution in [3.63, 3.8) is 0 Å². The molecule has 0 aliphatic carbocycles. The smallest absolute Gasteiger partial charge is 0.177 e. The van der Waals surface area contributed by atoms with Crippen LogP contribution in [0.2, 0.25) is 0 Å². The zero-order valence-corrected chi connectivity index (χ0v) is 5.69. The molecule has 48 valence electrons. The molecule has 0 atom stereocenters. The maximum Gasteiger partial charge on any atom is 0.199 e. The van der Waals surface area contributed by atoms with Crippen LogP contribution in [0.3, 0.4) is 0 Å². The minimum absolute atomic E-state index is 0.108. The highest BCUT2D eigenvalue weighted by atomic mass is 35.5. The lowest BCUT2D eigenvalue weighted by atomic mass is 10.6. The number of hydrogen-bond donors (Lipinski definition) is 1. The lowest BCUT2D eigenvalue weighted by molar-refractivity contribution is 0.881. The van der Waals surface area contributed by atoms with Crippen molar-refractivity contribution in [2.75, 3.05) is 0 Å². The summed E-state index contributed by atoms with van der Waals surface area (Å²) in [5.41, 5.74) is 0. The molecule has 0 amide bonds. The van der Waals surface area contributed by atoms with Crippen LogP contribution < -0.4 is 0 Å². The molecular weight excluding hydrogens is 163 g/mol. The summed E-state index contributed by atoms with van der Waals surface area (Å²) in [6.07, 6.45) is 1.38. The van der Waals surface area contributed by atoms with E-state index >= 15 is 0 Å². The second-order valence-electron chi connectivity index (χ2n) is 1.20. The van der Waals surface area contributed by atoms with Crippen molar-refractivity contribution in [1.29, 1.82) is 0 Å². The highest BCUT2D eigenvalue weighted by molar-refractivity contribution is 6.57. The van der Waals surface area contributed by atoms with E-state index in [1.165, 1.54) is 6.08 Å². The van der Waals surface area contributed by atoms with Gasteiger partial charge in [0.25, 0.3) is 0 Å². The molecular formula is C3H2Cl2N4. The minimum atomic E-state index is 0.108. The van der Waals surface area contributed by atoms with E-state index in [1.807, 2.05) is 0 Å². The quantitative estimate of drug-likeness (QED) is 0.674. The third-order valence-electron chi connectivity index (χ3n) is 0.600. The molecule has 0 fully saturated rings. The molecule has 0 aliphatic heterocycles. The van der Waals surface area contributed by atoms with Crippen LogP contribution in [-0.4, -0.2) is 20.6 Å². The number of aromatic amines is 1. The molecule has 0 saturated carbocycles. The molecule has 0 saturated heterocycles. The molecule has 1 aromatic heterocycles. The van der Waals surface area contributed by atoms with Crippen LogP contribution in [0.25, 0.3) is 6.08 Å². The van der Waals surface area contributed by atoms with Gasteiger partial charge in [-0.2, -0.15) is 5.21 Å². The third-order valence-corrected chi connectivity index (χ3v) is 0.818. The summed E-state index contributed by atoms with van der Waals surface area (Å²) in [5.74, 6) is 0.370. The van der Waals surface area contributed by atoms with Gasteiger partial charge in [-0.1, -0.05) is 23.2 Å². The fourth-order valence-electron chi connectivity index (χ4n) is 0.328. The molecule has 0 unspecified atom stereocenters. The number of nitrogens with one attached hydrogen (secondary N) is 1. The Morgan fingerprint density at radius 1 is 1.56 bits per heavy atom. The summed E-state index contributed by atoms with van der Waals surface area (Å²) in [6.45, 7) is 0. The molecule has 4 nitrogen and oxygen atoms in total. The Morgan fingerprint density at radius 2 is 2.33 bits per heavy atom. The standard InChI is InChI=1S/C3H2Cl2N4/c4-2(5)1-3-6-8-9-7-3/h1H,(H,6,7,8,9). The average Bonchev–Trinajstić information content (AvgIpc) is 2.15. The van der Waals surface area contributed by atoms with Gasteiger partial charge in [0.05, 0.1) is 0 Å². The van der Waals surface area contributed by atoms with Gasteiger partial charge in [0.2, 0.25) is 0 Å². The number of nitrogens with zero attached hydrogens (tertiary/aromatic N) is 3. The first-order valence-electron chi connectivity index (χ1n) is 2.05. The fourth-order valence-corrected chi connectivity index (χ4v) is 0.523. The summed E-state index contributed by atoms with van der Waals surface area (Å²) >= 11 is 10.5. The van der Waals surface area contributed by atoms with E-state index in [9.17, 15) is 0 Å². The molecule has 1 aromatic rings. The molecule has 1 rings (SSSR count). The third kappa shape index (κ3) is 1.99. The topological polar surface area (TPSA) is 54.5 Å². The number of hydrogen-bond acceptors (Lipinski definition) is 3. The maximum atomic E-state index is 5.27. The predicted molar refractivity (Wildman–Crippen MR) is 33.9 cm³/mol. The summed E-state index contributed by atoms with van der Waals surface area (Å²) in [4.78, 5) is 0. The van der Waals surface area contributed by atoms with Crippen molar-refractivity contribution < 1.29 is 0 Å². The minimum Gasteiger partial charge on any atom is -0.177 e. The van der Waals surface area contributed by atoms with Gasteiger partial charge in [0, 0.05) is 6.08 Å². The highest BCUT2D eigenvalue weighted by Gasteiger charge is 1.91. The summed E-state index contributed by atoms with van der Waals surface area (Å²) < 4.78 is 0.108. The van der Waals surface area contributed by atoms with Gasteiger partial charge in [-0.15, -0.1) is 10.2 Å². The van der Waals surface area contributed by atoms with E-state index in [0.717, 1.165) is 0 Å². The molecule has 6 heteroatoms. The second kappa shape index (κ2) is 2.80. The van der Waals surface area contributed by atoms with Gasteiger partial charge in [-0.3, -0.25) is 0 Å². The highest BCUT2D eigenvalue weighted by Crippen LogP contribution is 2.08. The van der Waals surface area contributed by atoms with E-state index in [0.29, 0.717) is 5.82 Å². The Morgan fingerprint density at radius 3 is 2.78 bits per heavy atom. The summed E-state index contributed by atoms with van der Waals surface area (Å²) in [5, 5.41) is 12.6. The number of halogens is 2. The average molecular weight is 165 g/mol. The van der Waals surface area contributed by atoms with Crippen LogP contribution in [0.5, 0.6) is 0 Å². The molecule has 0 spiro atoms. The van der Waals surface area contributed by atoms with Crippen LogP contribution in [0.15, 0.2) is 4.49 Å². The van der Waals surface area contributed by atoms with Crippen molar-refractivity contribution in [3.05, 3.63) is 10.3 Å². The maximum absolute atomic E-state index is 5.27. The van der Waals surface area contributed by atoms with Crippen molar-refractivity contribution in [2.45, 2.75) is 0 Å². The van der Waals surface area contributed by atoms with Crippen molar-refractivity contribution in [1.82, 2.24) is 20.6 Å². The molecule has 1 heterocycles. The Kier molecular flexibility index (Phi) is 2.02. The zero-order valence-electron chi connectivity index (χ0n) is 4.17. The molecule has 0 radical (unpaired) electrons. The molecule has 0 bridgehead atoms. The normalized spacial score (nSPS) is 9.11. The van der Waals surface area contributed by atoms with Gasteiger partial charge in [0.1, 0.15) is 4.49 Å². The van der Waals surface area contributed by atoms with E-state index in [2.05, 4.69) is 20.6 Å². The summed E-state index contributed by atoms with van der Waals surface area (Å²) in [6, 6.07) is 0. The zero-order chi connectivity index (χ0) is 6.69. The number of rotatable bonds is 1. The molecule has 1 N–H and O–H groups in total. The van der Waals surface area contributed by atoms with Crippen LogP contribution in [0, 0.1) is 0 Å². The van der Waals surface area contributed by atoms with Crippen LogP contribution >= 0.6 is 23.2 Å². The lowest BCUT2D eigenvalue weighted by Gasteiger charge is -1.75. The van der Waals surface area contributed by atoms with Crippen molar-refractivity contribution in [2.24, 2.45) is 0 Å². The van der Waals surface area contributed by atoms with Gasteiger partial charge in [-0.25, -0.2) is 0 Å². The Labute approximate surface area is 60.9 Å². The monoisotopic (exact) mass is 164 g/mol. The van der Waals surface area contributed by atoms with Crippen LogP contribution in [-0.2, 0) is 0 Å². The van der Waals surface area contributed by atoms with Gasteiger partial charge < -0.3 is 0 Å². The first-order valence-corrected chi connectivity index (χ1v) is 2.81. The van der Waals surface area contributed by atoms with E-state index in [1.54, 1.807) is 0 Å². The Hall–Kier alpha value is -0.610. The molecule has 9 heavy (non-hydrogen) atoms. The number of tetrazole rings is 1. The van der Waals surface area contributed by atoms with E-state index in [4.69, 9.17) is 23.2 Å². The number of H-pyrrole nitrogens is 1. The lowest BCUT2D eigenvalue weighted by Crippen LogP contribution is -1.73. The number of aromatic nitrogens is 4. The Bertz CT molecular complexity index is 200. The molecule has 0 aromatic carbocycles. The molecule has 0 aliphatic rings.